The molecule has 0 saturated heterocycles. The monoisotopic (exact) mass is 666 g/mol. The average molecular weight is 667 g/mol. The van der Waals surface area contributed by atoms with Crippen LogP contribution in [0.25, 0.3) is 28.3 Å². The molecule has 0 saturated carbocycles. The molecule has 2 aliphatic carbocycles. The van der Waals surface area contributed by atoms with Gasteiger partial charge in [0.05, 0.1) is 11.1 Å². The molecule has 246 valence electrons. The summed E-state index contributed by atoms with van der Waals surface area (Å²) >= 11 is 0. The lowest BCUT2D eigenvalue weighted by Crippen LogP contribution is -2.32. The fourth-order valence-corrected chi connectivity index (χ4v) is 9.30. The Morgan fingerprint density at radius 2 is 1.19 bits per heavy atom. The van der Waals surface area contributed by atoms with Gasteiger partial charge in [0.15, 0.2) is 0 Å². The van der Waals surface area contributed by atoms with Crippen LogP contribution in [0.2, 0.25) is 0 Å². The topological polar surface area (TPSA) is 33.6 Å². The summed E-state index contributed by atoms with van der Waals surface area (Å²) in [6.07, 6.45) is 5.28. The van der Waals surface area contributed by atoms with E-state index < -0.39 is 5.41 Å². The summed E-state index contributed by atoms with van der Waals surface area (Å²) in [4.78, 5) is 5.45. The molecule has 52 heavy (non-hydrogen) atoms. The molecule has 1 N–H and O–H groups in total. The zero-order chi connectivity index (χ0) is 34.2. The van der Waals surface area contributed by atoms with Crippen molar-refractivity contribution < 1.29 is 4.74 Å². The summed E-state index contributed by atoms with van der Waals surface area (Å²) in [6.45, 7) is 0. The van der Waals surface area contributed by atoms with E-state index >= 15 is 0 Å². The van der Waals surface area contributed by atoms with Crippen LogP contribution in [0, 0.1) is 0 Å². The molecule has 1 spiro atoms. The molecule has 2 aliphatic heterocycles. The highest BCUT2D eigenvalue weighted by Gasteiger charge is 2.51. The van der Waals surface area contributed by atoms with Gasteiger partial charge in [-0.3, -0.25) is 4.99 Å². The van der Waals surface area contributed by atoms with Crippen LogP contribution in [0.5, 0.6) is 11.5 Å². The molecule has 3 nitrogen and oxygen atoms in total. The first kappa shape index (κ1) is 29.3. The summed E-state index contributed by atoms with van der Waals surface area (Å²) in [6, 6.07) is 59.2. The number of fused-ring (bicyclic) bond motifs is 11. The Bertz CT molecular complexity index is 2590. The van der Waals surface area contributed by atoms with Gasteiger partial charge < -0.3 is 10.1 Å². The van der Waals surface area contributed by atoms with E-state index in [4.69, 9.17) is 9.73 Å². The summed E-state index contributed by atoms with van der Waals surface area (Å²) in [5.74, 6) is 2.02. The van der Waals surface area contributed by atoms with Gasteiger partial charge in [0.1, 0.15) is 17.7 Å². The van der Waals surface area contributed by atoms with Crippen molar-refractivity contribution in [3.63, 3.8) is 0 Å². The SMILES string of the molecule is C1=Cc2ccccc2C(C2=NC(c3ccc(-c4cccc5c4Oc4ccccc4C54c5ccccc5-c5ccccc54)cc3)Nc3ccccc32)C1. The van der Waals surface area contributed by atoms with Gasteiger partial charge in [0, 0.05) is 33.9 Å². The van der Waals surface area contributed by atoms with E-state index in [1.807, 2.05) is 0 Å². The van der Waals surface area contributed by atoms with E-state index in [0.29, 0.717) is 0 Å². The molecule has 0 amide bonds. The molecule has 2 atom stereocenters. The third-order valence-electron chi connectivity index (χ3n) is 11.5. The van der Waals surface area contributed by atoms with E-state index in [0.717, 1.165) is 46.0 Å². The number of ether oxygens (including phenoxy) is 1. The van der Waals surface area contributed by atoms with Gasteiger partial charge in [0.2, 0.25) is 0 Å². The number of benzene rings is 7. The molecule has 0 bridgehead atoms. The largest absolute Gasteiger partial charge is 0.456 e. The normalized spacial score (nSPS) is 18.0. The molecule has 2 heterocycles. The van der Waals surface area contributed by atoms with Crippen LogP contribution in [-0.2, 0) is 5.41 Å². The second-order valence-electron chi connectivity index (χ2n) is 14.2. The Hall–Kier alpha value is -6.45. The molecule has 7 aromatic carbocycles. The van der Waals surface area contributed by atoms with Crippen LogP contribution in [0.15, 0.2) is 175 Å². The predicted molar refractivity (Wildman–Crippen MR) is 211 cm³/mol. The van der Waals surface area contributed by atoms with Crippen molar-refractivity contribution in [3.05, 3.63) is 214 Å². The Morgan fingerprint density at radius 3 is 2.00 bits per heavy atom. The van der Waals surface area contributed by atoms with E-state index in [9.17, 15) is 0 Å². The molecule has 2 unspecified atom stereocenters. The maximum Gasteiger partial charge on any atom is 0.145 e. The van der Waals surface area contributed by atoms with Crippen molar-refractivity contribution in [1.29, 1.82) is 0 Å². The van der Waals surface area contributed by atoms with E-state index in [-0.39, 0.29) is 12.1 Å². The predicted octanol–water partition coefficient (Wildman–Crippen LogP) is 11.9. The maximum atomic E-state index is 6.94. The number of anilines is 1. The Morgan fingerprint density at radius 1 is 0.558 bits per heavy atom. The fraction of sp³-hybridized carbons (Fsp3) is 0.0816. The molecule has 11 rings (SSSR count). The van der Waals surface area contributed by atoms with Crippen LogP contribution in [0.3, 0.4) is 0 Å². The number of rotatable bonds is 3. The number of para-hydroxylation sites is 3. The molecule has 0 radical (unpaired) electrons. The minimum absolute atomic E-state index is 0.195. The number of nitrogens with one attached hydrogen (secondary N) is 1. The van der Waals surface area contributed by atoms with Gasteiger partial charge in [-0.1, -0.05) is 164 Å². The van der Waals surface area contributed by atoms with Crippen molar-refractivity contribution in [1.82, 2.24) is 0 Å². The molecular weight excluding hydrogens is 633 g/mol. The van der Waals surface area contributed by atoms with Crippen molar-refractivity contribution in [2.45, 2.75) is 23.9 Å². The van der Waals surface area contributed by atoms with Crippen molar-refractivity contribution in [2.75, 3.05) is 5.32 Å². The van der Waals surface area contributed by atoms with Gasteiger partial charge in [-0.05, 0) is 63.1 Å². The van der Waals surface area contributed by atoms with Crippen LogP contribution in [0.1, 0.15) is 63.0 Å². The summed E-state index contributed by atoms with van der Waals surface area (Å²) in [5, 5.41) is 3.75. The number of aliphatic imine (C=N–C) groups is 1. The number of nitrogens with zero attached hydrogens (tertiary/aromatic N) is 1. The minimum atomic E-state index is -0.481. The second kappa shape index (κ2) is 11.3. The lowest BCUT2D eigenvalue weighted by Gasteiger charge is -2.40. The second-order valence-corrected chi connectivity index (χ2v) is 14.2. The first-order valence-corrected chi connectivity index (χ1v) is 18.2. The zero-order valence-electron chi connectivity index (χ0n) is 28.5. The quantitative estimate of drug-likeness (QED) is 0.204. The fourth-order valence-electron chi connectivity index (χ4n) is 9.30. The summed E-state index contributed by atoms with van der Waals surface area (Å²) in [5.41, 5.74) is 16.4. The smallest absolute Gasteiger partial charge is 0.145 e. The first-order chi connectivity index (χ1) is 25.8. The van der Waals surface area contributed by atoms with Gasteiger partial charge >= 0.3 is 0 Å². The Kier molecular flexibility index (Phi) is 6.35. The molecule has 3 heteroatoms. The molecular formula is C49H34N2O. The maximum absolute atomic E-state index is 6.94. The third-order valence-corrected chi connectivity index (χ3v) is 11.5. The average Bonchev–Trinajstić information content (AvgIpc) is 3.51. The van der Waals surface area contributed by atoms with Crippen molar-refractivity contribution in [2.24, 2.45) is 4.99 Å². The Labute approximate surface area is 303 Å². The summed E-state index contributed by atoms with van der Waals surface area (Å²) in [7, 11) is 0. The molecule has 0 aromatic heterocycles. The van der Waals surface area contributed by atoms with E-state index in [1.165, 1.54) is 50.1 Å². The molecule has 4 aliphatic rings. The minimum Gasteiger partial charge on any atom is -0.456 e. The standard InChI is InChI=1S/C49H34N2O/c1-2-15-34-31(13-1)14-11-20-38(34)46-39-18-5-9-25-44(39)50-48(51-46)33-29-27-32(28-30-33)35-19-12-24-43-47(35)52-45-26-10-8-23-42(45)49(43)40-21-6-3-16-36(40)37-17-4-7-22-41(37)49/h1-19,21-30,38,48,50H,20H2. The van der Waals surface area contributed by atoms with E-state index in [2.05, 4.69) is 181 Å². The highest BCUT2D eigenvalue weighted by Crippen LogP contribution is 2.63. The van der Waals surface area contributed by atoms with Crippen LogP contribution < -0.4 is 10.1 Å². The van der Waals surface area contributed by atoms with Gasteiger partial charge in [-0.15, -0.1) is 0 Å². The van der Waals surface area contributed by atoms with E-state index in [1.54, 1.807) is 0 Å². The highest BCUT2D eigenvalue weighted by molar-refractivity contribution is 6.11. The number of hydrogen-bond acceptors (Lipinski definition) is 3. The third kappa shape index (κ3) is 4.11. The highest BCUT2D eigenvalue weighted by atomic mass is 16.5. The van der Waals surface area contributed by atoms with Crippen LogP contribution >= 0.6 is 0 Å². The van der Waals surface area contributed by atoms with Gasteiger partial charge in [-0.2, -0.15) is 0 Å². The Balaban J connectivity index is 1.03. The van der Waals surface area contributed by atoms with Crippen LogP contribution in [-0.4, -0.2) is 5.71 Å². The van der Waals surface area contributed by atoms with Gasteiger partial charge in [0.25, 0.3) is 0 Å². The molecule has 0 fully saturated rings. The van der Waals surface area contributed by atoms with Crippen LogP contribution in [0.4, 0.5) is 5.69 Å². The summed E-state index contributed by atoms with van der Waals surface area (Å²) < 4.78 is 6.94. The lowest BCUT2D eigenvalue weighted by atomic mass is 9.65. The first-order valence-electron chi connectivity index (χ1n) is 18.2. The van der Waals surface area contributed by atoms with Gasteiger partial charge in [-0.25, -0.2) is 0 Å². The number of allylic oxidation sites excluding steroid dienone is 1. The molecule has 7 aromatic rings. The van der Waals surface area contributed by atoms with Crippen molar-refractivity contribution in [3.8, 4) is 33.8 Å². The number of hydrogen-bond donors (Lipinski definition) is 1. The zero-order valence-corrected chi connectivity index (χ0v) is 28.5. The van der Waals surface area contributed by atoms with Crippen molar-refractivity contribution >= 4 is 17.5 Å². The lowest BCUT2D eigenvalue weighted by molar-refractivity contribution is 0.438.